The van der Waals surface area contributed by atoms with Crippen LogP contribution in [0.5, 0.6) is 0 Å². The molecule has 0 bridgehead atoms. The molecule has 150 valence electrons. The fourth-order valence-electron chi connectivity index (χ4n) is 3.76. The molecule has 2 aromatic heterocycles. The smallest absolute Gasteiger partial charge is 0.250 e. The first kappa shape index (κ1) is 19.2. The molecule has 1 atom stereocenters. The van der Waals surface area contributed by atoms with Crippen LogP contribution in [-0.2, 0) is 13.1 Å². The van der Waals surface area contributed by atoms with Crippen LogP contribution >= 0.6 is 0 Å². The molecule has 1 N–H and O–H groups in total. The number of pyridine rings is 1. The van der Waals surface area contributed by atoms with E-state index in [1.54, 1.807) is 23.0 Å². The monoisotopic (exact) mass is 389 g/mol. The van der Waals surface area contributed by atoms with Gasteiger partial charge in [-0.05, 0) is 36.0 Å². The summed E-state index contributed by atoms with van der Waals surface area (Å²) in [6.07, 6.45) is 5.96. The number of rotatable bonds is 6. The highest BCUT2D eigenvalue weighted by molar-refractivity contribution is 5.49. The van der Waals surface area contributed by atoms with Gasteiger partial charge in [-0.3, -0.25) is 4.79 Å². The van der Waals surface area contributed by atoms with Crippen LogP contribution < -0.4 is 15.8 Å². The Kier molecular flexibility index (Phi) is 5.89. The molecule has 29 heavy (non-hydrogen) atoms. The zero-order valence-electron chi connectivity index (χ0n) is 16.8. The van der Waals surface area contributed by atoms with Gasteiger partial charge in [0.15, 0.2) is 0 Å². The van der Waals surface area contributed by atoms with Crippen LogP contribution in [0.3, 0.4) is 0 Å². The largest absolute Gasteiger partial charge is 0.366 e. The van der Waals surface area contributed by atoms with Crippen LogP contribution in [0.25, 0.3) is 0 Å². The average Bonchev–Trinajstić information content (AvgIpc) is 2.75. The molecule has 1 saturated heterocycles. The number of anilines is 2. The number of nitrogens with zero attached hydrogens (tertiary/aromatic N) is 4. The number of aromatic nitrogens is 3. The van der Waals surface area contributed by atoms with Gasteiger partial charge >= 0.3 is 0 Å². The minimum absolute atomic E-state index is 0.0147. The van der Waals surface area contributed by atoms with Crippen LogP contribution in [0.15, 0.2) is 65.8 Å². The third-order valence-electron chi connectivity index (χ3n) is 5.38. The predicted molar refractivity (Wildman–Crippen MR) is 116 cm³/mol. The van der Waals surface area contributed by atoms with E-state index in [-0.39, 0.29) is 5.56 Å². The molecule has 1 aliphatic heterocycles. The van der Waals surface area contributed by atoms with E-state index in [9.17, 15) is 4.79 Å². The van der Waals surface area contributed by atoms with Crippen molar-refractivity contribution in [2.45, 2.75) is 32.9 Å². The summed E-state index contributed by atoms with van der Waals surface area (Å²) in [6, 6.07) is 15.6. The lowest BCUT2D eigenvalue weighted by Crippen LogP contribution is -2.34. The summed E-state index contributed by atoms with van der Waals surface area (Å²) in [5.41, 5.74) is 2.28. The van der Waals surface area contributed by atoms with Crippen molar-refractivity contribution in [3.63, 3.8) is 0 Å². The maximum Gasteiger partial charge on any atom is 0.250 e. The molecule has 0 aliphatic carbocycles. The Bertz CT molecular complexity index is 998. The van der Waals surface area contributed by atoms with Gasteiger partial charge in [0.2, 0.25) is 0 Å². The standard InChI is InChI=1S/C23H27N5O/c1-18-5-4-12-27(15-18)22-13-21(25-17-26-22)24-14-19-7-9-20(10-8-19)16-28-11-3-2-6-23(28)29/h2-3,6-11,13,17-18H,4-5,12,14-16H2,1H3,(H,24,25,26). The van der Waals surface area contributed by atoms with Crippen molar-refractivity contribution < 1.29 is 0 Å². The Morgan fingerprint density at radius 2 is 1.93 bits per heavy atom. The molecule has 0 saturated carbocycles. The minimum Gasteiger partial charge on any atom is -0.366 e. The molecular weight excluding hydrogens is 362 g/mol. The Labute approximate surface area is 171 Å². The normalized spacial score (nSPS) is 16.6. The molecule has 6 nitrogen and oxygen atoms in total. The van der Waals surface area contributed by atoms with Crippen molar-refractivity contribution in [1.82, 2.24) is 14.5 Å². The van der Waals surface area contributed by atoms with Gasteiger partial charge in [0.1, 0.15) is 18.0 Å². The second kappa shape index (κ2) is 8.90. The highest BCUT2D eigenvalue weighted by atomic mass is 16.1. The van der Waals surface area contributed by atoms with E-state index in [1.165, 1.54) is 18.4 Å². The fourth-order valence-corrected chi connectivity index (χ4v) is 3.76. The van der Waals surface area contributed by atoms with E-state index in [4.69, 9.17) is 0 Å². The van der Waals surface area contributed by atoms with Crippen LogP contribution in [-0.4, -0.2) is 27.6 Å². The number of nitrogens with one attached hydrogen (secondary N) is 1. The first-order valence-corrected chi connectivity index (χ1v) is 10.2. The zero-order valence-corrected chi connectivity index (χ0v) is 16.8. The lowest BCUT2D eigenvalue weighted by Gasteiger charge is -2.31. The van der Waals surface area contributed by atoms with E-state index in [0.717, 1.165) is 30.3 Å². The number of benzene rings is 1. The topological polar surface area (TPSA) is 63.0 Å². The molecule has 0 spiro atoms. The fraction of sp³-hybridized carbons (Fsp3) is 0.348. The van der Waals surface area contributed by atoms with Gasteiger partial charge in [-0.15, -0.1) is 0 Å². The average molecular weight is 390 g/mol. The van der Waals surface area contributed by atoms with E-state index >= 15 is 0 Å². The zero-order chi connectivity index (χ0) is 20.1. The van der Waals surface area contributed by atoms with Gasteiger partial charge < -0.3 is 14.8 Å². The second-order valence-corrected chi connectivity index (χ2v) is 7.79. The predicted octanol–water partition coefficient (Wildman–Crippen LogP) is 3.54. The summed E-state index contributed by atoms with van der Waals surface area (Å²) in [5.74, 6) is 2.55. The Hall–Kier alpha value is -3.15. The van der Waals surface area contributed by atoms with Gasteiger partial charge in [-0.25, -0.2) is 9.97 Å². The summed E-state index contributed by atoms with van der Waals surface area (Å²) in [7, 11) is 0. The molecule has 6 heteroatoms. The van der Waals surface area contributed by atoms with Crippen molar-refractivity contribution in [2.75, 3.05) is 23.3 Å². The molecule has 4 rings (SSSR count). The second-order valence-electron chi connectivity index (χ2n) is 7.79. The van der Waals surface area contributed by atoms with Crippen molar-refractivity contribution in [3.8, 4) is 0 Å². The molecule has 3 aromatic rings. The summed E-state index contributed by atoms with van der Waals surface area (Å²) in [6.45, 7) is 5.69. The van der Waals surface area contributed by atoms with Crippen LogP contribution in [0.2, 0.25) is 0 Å². The van der Waals surface area contributed by atoms with Crippen molar-refractivity contribution in [2.24, 2.45) is 5.92 Å². The van der Waals surface area contributed by atoms with Crippen molar-refractivity contribution in [3.05, 3.63) is 82.5 Å². The number of hydrogen-bond donors (Lipinski definition) is 1. The highest BCUT2D eigenvalue weighted by Crippen LogP contribution is 2.22. The summed E-state index contributed by atoms with van der Waals surface area (Å²) >= 11 is 0. The van der Waals surface area contributed by atoms with Gasteiger partial charge in [0, 0.05) is 38.0 Å². The van der Waals surface area contributed by atoms with Crippen molar-refractivity contribution in [1.29, 1.82) is 0 Å². The van der Waals surface area contributed by atoms with Gasteiger partial charge in [0.05, 0.1) is 6.54 Å². The van der Waals surface area contributed by atoms with Crippen LogP contribution in [0, 0.1) is 5.92 Å². The van der Waals surface area contributed by atoms with Gasteiger partial charge in [0.25, 0.3) is 5.56 Å². The Morgan fingerprint density at radius 3 is 2.72 bits per heavy atom. The van der Waals surface area contributed by atoms with Gasteiger partial charge in [-0.1, -0.05) is 37.3 Å². The van der Waals surface area contributed by atoms with E-state index in [0.29, 0.717) is 19.0 Å². The quantitative estimate of drug-likeness (QED) is 0.699. The van der Waals surface area contributed by atoms with E-state index in [2.05, 4.69) is 51.4 Å². The summed E-state index contributed by atoms with van der Waals surface area (Å²) < 4.78 is 1.71. The maximum atomic E-state index is 11.8. The lowest BCUT2D eigenvalue weighted by molar-refractivity contribution is 0.444. The number of piperidine rings is 1. The highest BCUT2D eigenvalue weighted by Gasteiger charge is 2.17. The minimum atomic E-state index is 0.0147. The molecule has 3 heterocycles. The van der Waals surface area contributed by atoms with Crippen molar-refractivity contribution >= 4 is 11.6 Å². The number of hydrogen-bond acceptors (Lipinski definition) is 5. The SMILES string of the molecule is CC1CCCN(c2cc(NCc3ccc(Cn4ccccc4=O)cc3)ncn2)C1. The third kappa shape index (κ3) is 5.02. The molecule has 0 radical (unpaired) electrons. The van der Waals surface area contributed by atoms with Crippen LogP contribution in [0.4, 0.5) is 11.6 Å². The molecular formula is C23H27N5O. The van der Waals surface area contributed by atoms with E-state index < -0.39 is 0 Å². The van der Waals surface area contributed by atoms with E-state index in [1.807, 2.05) is 18.3 Å². The summed E-state index contributed by atoms with van der Waals surface area (Å²) in [5, 5.41) is 3.40. The summed E-state index contributed by atoms with van der Waals surface area (Å²) in [4.78, 5) is 23.0. The molecule has 1 aromatic carbocycles. The molecule has 1 fully saturated rings. The Morgan fingerprint density at radius 1 is 1.10 bits per heavy atom. The third-order valence-corrected chi connectivity index (χ3v) is 5.38. The lowest BCUT2D eigenvalue weighted by atomic mass is 10.0. The maximum absolute atomic E-state index is 11.8. The molecule has 1 unspecified atom stereocenters. The molecule has 1 aliphatic rings. The first-order valence-electron chi connectivity index (χ1n) is 10.2. The molecule has 0 amide bonds. The first-order chi connectivity index (χ1) is 14.2. The van der Waals surface area contributed by atoms with Crippen LogP contribution in [0.1, 0.15) is 30.9 Å². The Balaban J connectivity index is 1.36. The van der Waals surface area contributed by atoms with Gasteiger partial charge in [-0.2, -0.15) is 0 Å².